The number of hydrogen-bond acceptors (Lipinski definition) is 3. The number of nitrogens with zero attached hydrogens (tertiary/aromatic N) is 2. The summed E-state index contributed by atoms with van der Waals surface area (Å²) in [4.78, 5) is 6.37. The fourth-order valence-electron chi connectivity index (χ4n) is 1.71. The van der Waals surface area contributed by atoms with Gasteiger partial charge in [0.2, 0.25) is 0 Å². The van der Waals surface area contributed by atoms with E-state index in [4.69, 9.17) is 4.74 Å². The van der Waals surface area contributed by atoms with E-state index in [0.717, 1.165) is 31.7 Å². The molecule has 2 rings (SSSR count). The van der Waals surface area contributed by atoms with E-state index in [-0.39, 0.29) is 0 Å². The van der Waals surface area contributed by atoms with Gasteiger partial charge in [-0.05, 0) is 32.0 Å². The van der Waals surface area contributed by atoms with Gasteiger partial charge in [0.05, 0.1) is 6.20 Å². The molecule has 1 fully saturated rings. The molecule has 0 spiro atoms. The summed E-state index contributed by atoms with van der Waals surface area (Å²) < 4.78 is 5.81. The lowest BCUT2D eigenvalue weighted by Crippen LogP contribution is -2.35. The van der Waals surface area contributed by atoms with Crippen LogP contribution in [0.25, 0.3) is 0 Å². The lowest BCUT2D eigenvalue weighted by atomic mass is 10.1. The van der Waals surface area contributed by atoms with Crippen LogP contribution in [0.15, 0.2) is 24.5 Å². The fourth-order valence-corrected chi connectivity index (χ4v) is 1.71. The second-order valence-electron chi connectivity index (χ2n) is 3.81. The van der Waals surface area contributed by atoms with Crippen LogP contribution in [0.2, 0.25) is 0 Å². The van der Waals surface area contributed by atoms with Crippen molar-refractivity contribution in [2.45, 2.75) is 18.9 Å². The van der Waals surface area contributed by atoms with Crippen molar-refractivity contribution in [3.63, 3.8) is 0 Å². The van der Waals surface area contributed by atoms with Gasteiger partial charge in [-0.15, -0.1) is 0 Å². The van der Waals surface area contributed by atoms with Crippen molar-refractivity contribution in [3.8, 4) is 5.75 Å². The molecule has 2 heterocycles. The molecular weight excluding hydrogens is 176 g/mol. The molecule has 1 aliphatic heterocycles. The Hall–Kier alpha value is -1.09. The van der Waals surface area contributed by atoms with E-state index in [9.17, 15) is 0 Å². The van der Waals surface area contributed by atoms with Crippen molar-refractivity contribution in [3.05, 3.63) is 24.5 Å². The molecule has 14 heavy (non-hydrogen) atoms. The van der Waals surface area contributed by atoms with E-state index in [1.165, 1.54) is 0 Å². The van der Waals surface area contributed by atoms with E-state index >= 15 is 0 Å². The molecule has 0 aliphatic carbocycles. The monoisotopic (exact) mass is 192 g/mol. The van der Waals surface area contributed by atoms with Gasteiger partial charge in [-0.3, -0.25) is 4.98 Å². The topological polar surface area (TPSA) is 25.4 Å². The first-order valence-electron chi connectivity index (χ1n) is 5.10. The van der Waals surface area contributed by atoms with E-state index in [1.807, 2.05) is 12.1 Å². The molecule has 0 amide bonds. The van der Waals surface area contributed by atoms with Crippen LogP contribution in [0.1, 0.15) is 12.8 Å². The zero-order valence-corrected chi connectivity index (χ0v) is 8.52. The summed E-state index contributed by atoms with van der Waals surface area (Å²) >= 11 is 0. The Kier molecular flexibility index (Phi) is 2.99. The summed E-state index contributed by atoms with van der Waals surface area (Å²) in [6, 6.07) is 3.87. The molecule has 0 saturated carbocycles. The minimum atomic E-state index is 0.371. The summed E-state index contributed by atoms with van der Waals surface area (Å²) in [5.74, 6) is 0.891. The summed E-state index contributed by atoms with van der Waals surface area (Å²) in [5, 5.41) is 0. The standard InChI is InChI=1S/C11H16N2O/c1-13-7-4-10(5-8-13)14-11-3-2-6-12-9-11/h2-3,6,9-10H,4-5,7-8H2,1H3. The molecule has 0 radical (unpaired) electrons. The van der Waals surface area contributed by atoms with Gasteiger partial charge >= 0.3 is 0 Å². The van der Waals surface area contributed by atoms with E-state index in [2.05, 4.69) is 16.9 Å². The molecule has 0 atom stereocenters. The van der Waals surface area contributed by atoms with Gasteiger partial charge in [0, 0.05) is 19.3 Å². The number of pyridine rings is 1. The van der Waals surface area contributed by atoms with Crippen molar-refractivity contribution in [1.82, 2.24) is 9.88 Å². The van der Waals surface area contributed by atoms with Crippen LogP contribution in [0, 0.1) is 0 Å². The molecule has 3 heteroatoms. The summed E-state index contributed by atoms with van der Waals surface area (Å²) in [5.41, 5.74) is 0. The molecular formula is C11H16N2O. The maximum atomic E-state index is 5.81. The molecule has 0 N–H and O–H groups in total. The van der Waals surface area contributed by atoms with Crippen LogP contribution in [0.3, 0.4) is 0 Å². The first-order chi connectivity index (χ1) is 6.84. The van der Waals surface area contributed by atoms with Gasteiger partial charge in [0.15, 0.2) is 0 Å². The van der Waals surface area contributed by atoms with E-state index in [1.54, 1.807) is 12.4 Å². The van der Waals surface area contributed by atoms with Crippen molar-refractivity contribution in [2.75, 3.05) is 20.1 Å². The smallest absolute Gasteiger partial charge is 0.137 e. The highest BCUT2D eigenvalue weighted by molar-refractivity contribution is 5.15. The first-order valence-corrected chi connectivity index (χ1v) is 5.10. The lowest BCUT2D eigenvalue weighted by molar-refractivity contribution is 0.114. The third kappa shape index (κ3) is 2.45. The Morgan fingerprint density at radius 3 is 2.86 bits per heavy atom. The Bertz CT molecular complexity index is 268. The van der Waals surface area contributed by atoms with Gasteiger partial charge in [-0.1, -0.05) is 0 Å². The normalized spacial score (nSPS) is 19.5. The minimum absolute atomic E-state index is 0.371. The first kappa shape index (κ1) is 9.46. The highest BCUT2D eigenvalue weighted by Gasteiger charge is 2.17. The van der Waals surface area contributed by atoms with Gasteiger partial charge < -0.3 is 9.64 Å². The van der Waals surface area contributed by atoms with Crippen LogP contribution < -0.4 is 4.74 Å². The number of rotatable bonds is 2. The number of likely N-dealkylation sites (tertiary alicyclic amines) is 1. The molecule has 0 aromatic carbocycles. The zero-order valence-electron chi connectivity index (χ0n) is 8.52. The van der Waals surface area contributed by atoms with Gasteiger partial charge in [0.25, 0.3) is 0 Å². The molecule has 1 aromatic heterocycles. The van der Waals surface area contributed by atoms with Gasteiger partial charge in [0.1, 0.15) is 11.9 Å². The Labute approximate surface area is 84.7 Å². The van der Waals surface area contributed by atoms with Crippen molar-refractivity contribution < 1.29 is 4.74 Å². The Morgan fingerprint density at radius 1 is 1.43 bits per heavy atom. The molecule has 1 aliphatic rings. The van der Waals surface area contributed by atoms with Gasteiger partial charge in [-0.2, -0.15) is 0 Å². The van der Waals surface area contributed by atoms with E-state index < -0.39 is 0 Å². The van der Waals surface area contributed by atoms with Crippen LogP contribution in [-0.2, 0) is 0 Å². The summed E-state index contributed by atoms with van der Waals surface area (Å²) in [6.07, 6.45) is 6.15. The SMILES string of the molecule is CN1CCC(Oc2cccnc2)CC1. The highest BCUT2D eigenvalue weighted by atomic mass is 16.5. The summed E-state index contributed by atoms with van der Waals surface area (Å²) in [6.45, 7) is 2.26. The minimum Gasteiger partial charge on any atom is -0.489 e. The van der Waals surface area contributed by atoms with Crippen LogP contribution >= 0.6 is 0 Å². The van der Waals surface area contributed by atoms with E-state index in [0.29, 0.717) is 6.10 Å². The van der Waals surface area contributed by atoms with Crippen molar-refractivity contribution in [1.29, 1.82) is 0 Å². The zero-order chi connectivity index (χ0) is 9.80. The quantitative estimate of drug-likeness (QED) is 0.711. The number of hydrogen-bond donors (Lipinski definition) is 0. The average molecular weight is 192 g/mol. The average Bonchev–Trinajstić information content (AvgIpc) is 2.23. The highest BCUT2D eigenvalue weighted by Crippen LogP contribution is 2.16. The molecule has 1 aromatic rings. The summed E-state index contributed by atoms with van der Waals surface area (Å²) in [7, 11) is 2.15. The van der Waals surface area contributed by atoms with Crippen LogP contribution in [0.4, 0.5) is 0 Å². The second-order valence-corrected chi connectivity index (χ2v) is 3.81. The van der Waals surface area contributed by atoms with Crippen LogP contribution in [0.5, 0.6) is 5.75 Å². The van der Waals surface area contributed by atoms with Crippen molar-refractivity contribution in [2.24, 2.45) is 0 Å². The second kappa shape index (κ2) is 4.42. The largest absolute Gasteiger partial charge is 0.489 e. The molecule has 0 unspecified atom stereocenters. The molecule has 0 bridgehead atoms. The lowest BCUT2D eigenvalue weighted by Gasteiger charge is -2.29. The number of ether oxygens (including phenoxy) is 1. The number of aromatic nitrogens is 1. The maximum absolute atomic E-state index is 5.81. The Balaban J connectivity index is 1.87. The maximum Gasteiger partial charge on any atom is 0.137 e. The third-order valence-electron chi connectivity index (χ3n) is 2.60. The van der Waals surface area contributed by atoms with Crippen molar-refractivity contribution >= 4 is 0 Å². The third-order valence-corrected chi connectivity index (χ3v) is 2.60. The van der Waals surface area contributed by atoms with Gasteiger partial charge in [-0.25, -0.2) is 0 Å². The van der Waals surface area contributed by atoms with Crippen LogP contribution in [-0.4, -0.2) is 36.1 Å². The molecule has 1 saturated heterocycles. The predicted molar refractivity (Wildman–Crippen MR) is 55.4 cm³/mol. The molecule has 76 valence electrons. The fraction of sp³-hybridized carbons (Fsp3) is 0.545. The predicted octanol–water partition coefficient (Wildman–Crippen LogP) is 1.55. The molecule has 3 nitrogen and oxygen atoms in total. The Morgan fingerprint density at radius 2 is 2.21 bits per heavy atom. The number of piperidine rings is 1.